The summed E-state index contributed by atoms with van der Waals surface area (Å²) in [5.41, 5.74) is 7.03. The molecule has 0 saturated carbocycles. The summed E-state index contributed by atoms with van der Waals surface area (Å²) < 4.78 is 6.98. The van der Waals surface area contributed by atoms with Crippen molar-refractivity contribution in [2.24, 2.45) is 0 Å². The molecule has 1 aromatic carbocycles. The molecular weight excluding hydrogens is 230 g/mol. The number of methoxy groups -OCH3 is 1. The maximum atomic E-state index is 5.81. The molecule has 2 N–H and O–H groups in total. The highest BCUT2D eigenvalue weighted by Gasteiger charge is 2.24. The van der Waals surface area contributed by atoms with Gasteiger partial charge in [0.25, 0.3) is 0 Å². The minimum Gasteiger partial charge on any atom is -0.494 e. The second-order valence-corrected chi connectivity index (χ2v) is 5.10. The average Bonchev–Trinajstić information content (AvgIpc) is 2.77. The van der Waals surface area contributed by atoms with Crippen LogP contribution in [0.5, 0.6) is 5.75 Å². The number of nitrogen functional groups attached to an aromatic ring is 1. The summed E-state index contributed by atoms with van der Waals surface area (Å²) in [4.78, 5) is 0. The number of benzene rings is 1. The van der Waals surface area contributed by atoms with Crippen LogP contribution in [0.3, 0.4) is 0 Å². The second-order valence-electron chi connectivity index (χ2n) is 5.10. The molecule has 0 atom stereocenters. The Hall–Kier alpha value is -2.11. The molecule has 2 aromatic rings. The smallest absolute Gasteiger partial charge is 0.162 e. The van der Waals surface area contributed by atoms with E-state index in [1.165, 1.54) is 0 Å². The third kappa shape index (κ3) is 2.13. The van der Waals surface area contributed by atoms with Crippen molar-refractivity contribution in [2.75, 3.05) is 12.8 Å². The van der Waals surface area contributed by atoms with Gasteiger partial charge in [-0.1, -0.05) is 20.8 Å². The molecule has 0 unspecified atom stereocenters. The van der Waals surface area contributed by atoms with Crippen LogP contribution in [-0.4, -0.2) is 27.3 Å². The van der Waals surface area contributed by atoms with Crippen molar-refractivity contribution < 1.29 is 4.74 Å². The number of anilines is 1. The summed E-state index contributed by atoms with van der Waals surface area (Å²) in [5, 5.41) is 11.8. The van der Waals surface area contributed by atoms with E-state index in [4.69, 9.17) is 10.5 Å². The van der Waals surface area contributed by atoms with Crippen LogP contribution in [0.4, 0.5) is 5.69 Å². The number of ether oxygens (including phenoxy) is 1. The lowest BCUT2D eigenvalue weighted by Gasteiger charge is -2.18. The van der Waals surface area contributed by atoms with Gasteiger partial charge in [-0.2, -0.15) is 4.68 Å². The Balaban J connectivity index is 2.62. The van der Waals surface area contributed by atoms with E-state index in [0.717, 1.165) is 11.5 Å². The molecule has 1 aromatic heterocycles. The van der Waals surface area contributed by atoms with E-state index in [9.17, 15) is 0 Å². The summed E-state index contributed by atoms with van der Waals surface area (Å²) in [6.45, 7) is 6.15. The van der Waals surface area contributed by atoms with Crippen molar-refractivity contribution in [1.29, 1.82) is 0 Å². The predicted octanol–water partition coefficient (Wildman–Crippen LogP) is 1.55. The molecule has 6 nitrogen and oxygen atoms in total. The maximum absolute atomic E-state index is 5.81. The Morgan fingerprint density at radius 1 is 1.28 bits per heavy atom. The monoisotopic (exact) mass is 247 g/mol. The SMILES string of the molecule is COc1ccc(N)cc1-n1nnnc1C(C)(C)C. The Labute approximate surface area is 106 Å². The minimum atomic E-state index is -0.168. The maximum Gasteiger partial charge on any atom is 0.162 e. The van der Waals surface area contributed by atoms with Crippen molar-refractivity contribution in [2.45, 2.75) is 26.2 Å². The fourth-order valence-electron chi connectivity index (χ4n) is 1.69. The zero-order valence-corrected chi connectivity index (χ0v) is 11.0. The highest BCUT2D eigenvalue weighted by atomic mass is 16.5. The molecular formula is C12H17N5O. The lowest BCUT2D eigenvalue weighted by molar-refractivity contribution is 0.409. The normalized spacial score (nSPS) is 11.6. The molecule has 96 valence electrons. The Bertz CT molecular complexity index is 556. The average molecular weight is 247 g/mol. The molecule has 0 spiro atoms. The van der Waals surface area contributed by atoms with Crippen LogP contribution < -0.4 is 10.5 Å². The van der Waals surface area contributed by atoms with Crippen LogP contribution in [-0.2, 0) is 5.41 Å². The number of tetrazole rings is 1. The van der Waals surface area contributed by atoms with E-state index < -0.39 is 0 Å². The largest absolute Gasteiger partial charge is 0.494 e. The molecule has 0 bridgehead atoms. The van der Waals surface area contributed by atoms with Gasteiger partial charge in [-0.3, -0.25) is 0 Å². The summed E-state index contributed by atoms with van der Waals surface area (Å²) in [6.07, 6.45) is 0. The molecule has 0 amide bonds. The molecule has 6 heteroatoms. The number of rotatable bonds is 2. The van der Waals surface area contributed by atoms with Crippen LogP contribution in [0.1, 0.15) is 26.6 Å². The first-order valence-electron chi connectivity index (χ1n) is 5.66. The Morgan fingerprint density at radius 3 is 2.61 bits per heavy atom. The van der Waals surface area contributed by atoms with Crippen molar-refractivity contribution in [3.05, 3.63) is 24.0 Å². The van der Waals surface area contributed by atoms with E-state index in [2.05, 4.69) is 15.5 Å². The predicted molar refractivity (Wildman–Crippen MR) is 68.8 cm³/mol. The van der Waals surface area contributed by atoms with Gasteiger partial charge in [0.05, 0.1) is 7.11 Å². The lowest BCUT2D eigenvalue weighted by atomic mass is 9.95. The lowest BCUT2D eigenvalue weighted by Crippen LogP contribution is -2.19. The molecule has 0 radical (unpaired) electrons. The van der Waals surface area contributed by atoms with Gasteiger partial charge in [0, 0.05) is 11.1 Å². The Morgan fingerprint density at radius 2 is 2.00 bits per heavy atom. The van der Waals surface area contributed by atoms with E-state index >= 15 is 0 Å². The summed E-state index contributed by atoms with van der Waals surface area (Å²) >= 11 is 0. The quantitative estimate of drug-likeness (QED) is 0.814. The third-order valence-electron chi connectivity index (χ3n) is 2.57. The standard InChI is InChI=1S/C12H17N5O/c1-12(2,3)11-14-15-16-17(11)9-7-8(13)5-6-10(9)18-4/h5-7H,13H2,1-4H3. The fraction of sp³-hybridized carbons (Fsp3) is 0.417. The van der Waals surface area contributed by atoms with Gasteiger partial charge >= 0.3 is 0 Å². The van der Waals surface area contributed by atoms with Gasteiger partial charge in [-0.05, 0) is 28.6 Å². The van der Waals surface area contributed by atoms with Crippen molar-refractivity contribution in [3.8, 4) is 11.4 Å². The number of nitrogens with zero attached hydrogens (tertiary/aromatic N) is 4. The zero-order valence-electron chi connectivity index (χ0n) is 11.0. The van der Waals surface area contributed by atoms with E-state index in [1.807, 2.05) is 20.8 Å². The number of hydrogen-bond acceptors (Lipinski definition) is 5. The minimum absolute atomic E-state index is 0.168. The molecule has 0 aliphatic rings. The topological polar surface area (TPSA) is 78.9 Å². The molecule has 18 heavy (non-hydrogen) atoms. The molecule has 1 heterocycles. The van der Waals surface area contributed by atoms with Crippen molar-refractivity contribution >= 4 is 5.69 Å². The van der Waals surface area contributed by atoms with E-state index in [-0.39, 0.29) is 5.41 Å². The summed E-state index contributed by atoms with van der Waals surface area (Å²) in [5.74, 6) is 1.44. The summed E-state index contributed by atoms with van der Waals surface area (Å²) in [7, 11) is 1.61. The van der Waals surface area contributed by atoms with Crippen LogP contribution in [0.25, 0.3) is 5.69 Å². The number of aromatic nitrogens is 4. The first-order chi connectivity index (χ1) is 8.43. The second kappa shape index (κ2) is 4.29. The molecule has 2 rings (SSSR count). The van der Waals surface area contributed by atoms with E-state index in [0.29, 0.717) is 11.4 Å². The molecule has 0 saturated heterocycles. The third-order valence-corrected chi connectivity index (χ3v) is 2.57. The molecule has 0 fully saturated rings. The highest BCUT2D eigenvalue weighted by Crippen LogP contribution is 2.28. The fourth-order valence-corrected chi connectivity index (χ4v) is 1.69. The van der Waals surface area contributed by atoms with Crippen molar-refractivity contribution in [1.82, 2.24) is 20.2 Å². The molecule has 0 aliphatic heterocycles. The summed E-state index contributed by atoms with van der Waals surface area (Å²) in [6, 6.07) is 5.38. The first kappa shape index (κ1) is 12.3. The van der Waals surface area contributed by atoms with Gasteiger partial charge in [0.2, 0.25) is 0 Å². The first-order valence-corrected chi connectivity index (χ1v) is 5.66. The Kier molecular flexibility index (Phi) is 2.94. The van der Waals surface area contributed by atoms with Gasteiger partial charge in [0.15, 0.2) is 5.82 Å². The number of nitrogens with two attached hydrogens (primary N) is 1. The van der Waals surface area contributed by atoms with Gasteiger partial charge in [0.1, 0.15) is 11.4 Å². The van der Waals surface area contributed by atoms with E-state index in [1.54, 1.807) is 30.0 Å². The molecule has 0 aliphatic carbocycles. The zero-order chi connectivity index (χ0) is 13.3. The van der Waals surface area contributed by atoms with Crippen LogP contribution >= 0.6 is 0 Å². The van der Waals surface area contributed by atoms with Crippen LogP contribution in [0.2, 0.25) is 0 Å². The van der Waals surface area contributed by atoms with Crippen LogP contribution in [0, 0.1) is 0 Å². The highest BCUT2D eigenvalue weighted by molar-refractivity contribution is 5.56. The van der Waals surface area contributed by atoms with Gasteiger partial charge in [-0.25, -0.2) is 0 Å². The number of hydrogen-bond donors (Lipinski definition) is 1. The van der Waals surface area contributed by atoms with Gasteiger partial charge < -0.3 is 10.5 Å². The van der Waals surface area contributed by atoms with Crippen LogP contribution in [0.15, 0.2) is 18.2 Å². The van der Waals surface area contributed by atoms with Crippen molar-refractivity contribution in [3.63, 3.8) is 0 Å². The van der Waals surface area contributed by atoms with Gasteiger partial charge in [-0.15, -0.1) is 5.10 Å².